The number of amides is 1. The van der Waals surface area contributed by atoms with Crippen molar-refractivity contribution in [2.24, 2.45) is 11.3 Å². The highest BCUT2D eigenvalue weighted by molar-refractivity contribution is 5.91. The lowest BCUT2D eigenvalue weighted by atomic mass is 9.73. The molecule has 1 N–H and O–H groups in total. The number of ether oxygens (including phenoxy) is 1. The topological polar surface area (TPSA) is 66.8 Å². The fraction of sp³-hybridized carbons (Fsp3) is 0.548. The first-order valence-electron chi connectivity index (χ1n) is 13.3. The maximum absolute atomic E-state index is 13.6. The van der Waals surface area contributed by atoms with Gasteiger partial charge in [-0.15, -0.1) is 0 Å². The predicted octanol–water partition coefficient (Wildman–Crippen LogP) is 7.07. The zero-order valence-corrected chi connectivity index (χ0v) is 22.7. The van der Waals surface area contributed by atoms with Crippen molar-refractivity contribution in [3.8, 4) is 11.5 Å². The van der Waals surface area contributed by atoms with Gasteiger partial charge in [-0.05, 0) is 65.1 Å². The molecule has 1 unspecified atom stereocenters. The first-order valence-corrected chi connectivity index (χ1v) is 13.3. The van der Waals surface area contributed by atoms with Gasteiger partial charge in [0.2, 0.25) is 5.91 Å². The van der Waals surface area contributed by atoms with Gasteiger partial charge in [0.1, 0.15) is 11.5 Å². The number of aliphatic carboxylic acids is 1. The maximum atomic E-state index is 13.6. The van der Waals surface area contributed by atoms with E-state index in [0.29, 0.717) is 36.4 Å². The number of carbonyl (C=O) groups is 2. The lowest BCUT2D eigenvalue weighted by Gasteiger charge is -2.48. The number of nitrogens with zero attached hydrogens (tertiary/aromatic N) is 1. The number of carbonyl (C=O) groups excluding carboxylic acids is 1. The number of hydrogen-bond acceptors (Lipinski definition) is 3. The smallest absolute Gasteiger partial charge is 0.334 e. The second-order valence-electron chi connectivity index (χ2n) is 12.7. The molecule has 2 aromatic carbocycles. The predicted molar refractivity (Wildman–Crippen MR) is 142 cm³/mol. The zero-order valence-electron chi connectivity index (χ0n) is 22.7. The second kappa shape index (κ2) is 9.57. The van der Waals surface area contributed by atoms with Gasteiger partial charge in [-0.25, -0.2) is 4.79 Å². The molecular weight excluding hydrogens is 450 g/mol. The Balaban J connectivity index is 1.77. The summed E-state index contributed by atoms with van der Waals surface area (Å²) < 4.78 is 6.22. The number of rotatable bonds is 5. The Labute approximate surface area is 215 Å². The molecule has 36 heavy (non-hydrogen) atoms. The fourth-order valence-electron chi connectivity index (χ4n) is 5.80. The Morgan fingerprint density at radius 2 is 1.58 bits per heavy atom. The molecular formula is C31H41NO4. The van der Waals surface area contributed by atoms with Crippen molar-refractivity contribution in [1.29, 1.82) is 0 Å². The van der Waals surface area contributed by atoms with Crippen LogP contribution in [0.3, 0.4) is 0 Å². The van der Waals surface area contributed by atoms with Crippen molar-refractivity contribution in [2.75, 3.05) is 6.54 Å². The van der Waals surface area contributed by atoms with Gasteiger partial charge in [0.05, 0.1) is 0 Å². The summed E-state index contributed by atoms with van der Waals surface area (Å²) in [5, 5.41) is 10.8. The van der Waals surface area contributed by atoms with Crippen molar-refractivity contribution >= 4 is 11.9 Å². The van der Waals surface area contributed by atoms with Crippen LogP contribution in [0.4, 0.5) is 0 Å². The van der Waals surface area contributed by atoms with E-state index in [2.05, 4.69) is 32.9 Å². The highest BCUT2D eigenvalue weighted by Gasteiger charge is 2.54. The van der Waals surface area contributed by atoms with Gasteiger partial charge >= 0.3 is 5.97 Å². The van der Waals surface area contributed by atoms with Crippen LogP contribution in [0.2, 0.25) is 0 Å². The molecule has 1 aliphatic carbocycles. The van der Waals surface area contributed by atoms with Crippen LogP contribution in [0.1, 0.15) is 90.3 Å². The Bertz CT molecular complexity index is 1120. The van der Waals surface area contributed by atoms with Gasteiger partial charge in [0, 0.05) is 12.0 Å². The highest BCUT2D eigenvalue weighted by Crippen LogP contribution is 2.47. The number of carboxylic acid groups (broad SMARTS) is 1. The Hall–Kier alpha value is -2.82. The third-order valence-corrected chi connectivity index (χ3v) is 7.85. The molecule has 0 saturated heterocycles. The summed E-state index contributed by atoms with van der Waals surface area (Å²) in [6.45, 7) is 12.5. The Kier molecular flexibility index (Phi) is 6.98. The third-order valence-electron chi connectivity index (χ3n) is 7.85. The number of benzene rings is 2. The summed E-state index contributed by atoms with van der Waals surface area (Å²) in [5.41, 5.74) is 0.907. The lowest BCUT2D eigenvalue weighted by molar-refractivity contribution is -0.167. The van der Waals surface area contributed by atoms with E-state index in [0.717, 1.165) is 31.2 Å². The molecule has 1 aliphatic heterocycles. The van der Waals surface area contributed by atoms with E-state index in [1.807, 2.05) is 51.1 Å². The third kappa shape index (κ3) is 5.02. The molecule has 4 rings (SSSR count). The van der Waals surface area contributed by atoms with Gasteiger partial charge in [-0.2, -0.15) is 0 Å². The SMILES string of the molecule is CC(C)(C)C(=O)N1CCc2ccc(Oc3ccc(C(C)(C)C)cc3)cc2C1(CC1CCCC1)C(=O)O. The summed E-state index contributed by atoms with van der Waals surface area (Å²) >= 11 is 0. The van der Waals surface area contributed by atoms with Gasteiger partial charge in [0.15, 0.2) is 5.54 Å². The Morgan fingerprint density at radius 1 is 0.972 bits per heavy atom. The van der Waals surface area contributed by atoms with Crippen molar-refractivity contribution < 1.29 is 19.4 Å². The van der Waals surface area contributed by atoms with Crippen molar-refractivity contribution in [1.82, 2.24) is 4.90 Å². The van der Waals surface area contributed by atoms with Gasteiger partial charge in [-0.3, -0.25) is 4.79 Å². The molecule has 2 aliphatic rings. The molecule has 1 heterocycles. The molecule has 0 bridgehead atoms. The molecule has 5 heteroatoms. The molecule has 0 spiro atoms. The monoisotopic (exact) mass is 491 g/mol. The van der Waals surface area contributed by atoms with Crippen LogP contribution in [-0.4, -0.2) is 28.4 Å². The van der Waals surface area contributed by atoms with Crippen LogP contribution in [0.25, 0.3) is 0 Å². The number of fused-ring (bicyclic) bond motifs is 1. The van der Waals surface area contributed by atoms with Crippen LogP contribution in [0, 0.1) is 11.3 Å². The summed E-state index contributed by atoms with van der Waals surface area (Å²) in [6, 6.07) is 13.8. The number of carboxylic acids is 1. The quantitative estimate of drug-likeness (QED) is 0.486. The average Bonchev–Trinajstić information content (AvgIpc) is 3.31. The van der Waals surface area contributed by atoms with E-state index in [-0.39, 0.29) is 17.2 Å². The summed E-state index contributed by atoms with van der Waals surface area (Å²) in [6.07, 6.45) is 5.34. The zero-order chi connectivity index (χ0) is 26.3. The number of hydrogen-bond donors (Lipinski definition) is 1. The molecule has 0 radical (unpaired) electrons. The van der Waals surface area contributed by atoms with Crippen LogP contribution in [0.15, 0.2) is 42.5 Å². The van der Waals surface area contributed by atoms with E-state index < -0.39 is 16.9 Å². The van der Waals surface area contributed by atoms with E-state index >= 15 is 0 Å². The molecule has 1 atom stereocenters. The summed E-state index contributed by atoms with van der Waals surface area (Å²) in [4.78, 5) is 28.5. The molecule has 1 amide bonds. The van der Waals surface area contributed by atoms with Crippen LogP contribution in [-0.2, 0) is 27.0 Å². The molecule has 1 fully saturated rings. The highest BCUT2D eigenvalue weighted by atomic mass is 16.5. The lowest BCUT2D eigenvalue weighted by Crippen LogP contribution is -2.60. The van der Waals surface area contributed by atoms with E-state index in [1.165, 1.54) is 5.56 Å². The van der Waals surface area contributed by atoms with Gasteiger partial charge < -0.3 is 14.7 Å². The largest absolute Gasteiger partial charge is 0.479 e. The minimum atomic E-state index is -1.39. The normalized spacial score (nSPS) is 20.8. The van der Waals surface area contributed by atoms with E-state index in [9.17, 15) is 14.7 Å². The standard InChI is InChI=1S/C31H41NO4/c1-29(2,3)23-12-15-24(16-13-23)36-25-14-11-22-17-18-32(27(33)30(4,5)6)31(28(34)35,26(22)19-25)20-21-9-7-8-10-21/h11-16,19,21H,7-10,17-18,20H2,1-6H3,(H,34,35). The van der Waals surface area contributed by atoms with Crippen LogP contribution in [0.5, 0.6) is 11.5 Å². The first kappa shape index (κ1) is 26.2. The maximum Gasteiger partial charge on any atom is 0.334 e. The molecule has 5 nitrogen and oxygen atoms in total. The van der Waals surface area contributed by atoms with Crippen LogP contribution >= 0.6 is 0 Å². The van der Waals surface area contributed by atoms with E-state index in [1.54, 1.807) is 4.90 Å². The molecule has 2 aromatic rings. The van der Waals surface area contributed by atoms with Crippen molar-refractivity contribution in [3.63, 3.8) is 0 Å². The summed E-state index contributed by atoms with van der Waals surface area (Å²) in [5.74, 6) is 0.534. The van der Waals surface area contributed by atoms with Crippen molar-refractivity contribution in [3.05, 3.63) is 59.2 Å². The summed E-state index contributed by atoms with van der Waals surface area (Å²) in [7, 11) is 0. The van der Waals surface area contributed by atoms with Crippen LogP contribution < -0.4 is 4.74 Å². The molecule has 0 aromatic heterocycles. The fourth-order valence-corrected chi connectivity index (χ4v) is 5.80. The molecule has 1 saturated carbocycles. The minimum absolute atomic E-state index is 0.0503. The van der Waals surface area contributed by atoms with Crippen molar-refractivity contribution in [2.45, 2.75) is 91.0 Å². The van der Waals surface area contributed by atoms with Gasteiger partial charge in [-0.1, -0.05) is 85.4 Å². The van der Waals surface area contributed by atoms with Gasteiger partial charge in [0.25, 0.3) is 0 Å². The average molecular weight is 492 g/mol. The minimum Gasteiger partial charge on any atom is -0.479 e. The Morgan fingerprint density at radius 3 is 2.14 bits per heavy atom. The second-order valence-corrected chi connectivity index (χ2v) is 12.7. The molecule has 194 valence electrons. The van der Waals surface area contributed by atoms with E-state index in [4.69, 9.17) is 4.74 Å². The first-order chi connectivity index (χ1) is 16.8.